The summed E-state index contributed by atoms with van der Waals surface area (Å²) in [5.74, 6) is -0.0299. The molecule has 19 heavy (non-hydrogen) atoms. The van der Waals surface area contributed by atoms with Crippen LogP contribution in [0.2, 0.25) is 10.3 Å². The van der Waals surface area contributed by atoms with Crippen LogP contribution in [0.4, 0.5) is 0 Å². The van der Waals surface area contributed by atoms with Crippen LogP contribution in [-0.4, -0.2) is 53.9 Å². The van der Waals surface area contributed by atoms with Crippen LogP contribution >= 0.6 is 23.2 Å². The van der Waals surface area contributed by atoms with Gasteiger partial charge in [-0.3, -0.25) is 4.79 Å². The number of likely N-dealkylation sites (tertiary alicyclic amines) is 1. The van der Waals surface area contributed by atoms with Crippen molar-refractivity contribution in [2.24, 2.45) is 0 Å². The predicted octanol–water partition coefficient (Wildman–Crippen LogP) is 2.55. The number of hydrogen-bond acceptors (Lipinski definition) is 3. The number of likely N-dealkylation sites (N-methyl/N-ethyl adjacent to an activating group) is 1. The zero-order chi connectivity index (χ0) is 14.0. The van der Waals surface area contributed by atoms with E-state index >= 15 is 0 Å². The van der Waals surface area contributed by atoms with Gasteiger partial charge >= 0.3 is 0 Å². The molecule has 0 radical (unpaired) electrons. The second-order valence-electron chi connectivity index (χ2n) is 5.01. The highest BCUT2D eigenvalue weighted by Gasteiger charge is 2.25. The lowest BCUT2D eigenvalue weighted by Gasteiger charge is -2.36. The van der Waals surface area contributed by atoms with Crippen LogP contribution in [0.3, 0.4) is 0 Å². The van der Waals surface area contributed by atoms with E-state index in [-0.39, 0.29) is 16.2 Å². The fraction of sp³-hybridized carbons (Fsp3) is 0.538. The maximum absolute atomic E-state index is 12.4. The summed E-state index contributed by atoms with van der Waals surface area (Å²) >= 11 is 11.7. The first kappa shape index (κ1) is 14.6. The number of nitrogens with zero attached hydrogens (tertiary/aromatic N) is 3. The van der Waals surface area contributed by atoms with E-state index < -0.39 is 0 Å². The van der Waals surface area contributed by atoms with E-state index in [1.807, 2.05) is 19.0 Å². The third-order valence-corrected chi connectivity index (χ3v) is 3.81. The third-order valence-electron chi connectivity index (χ3n) is 3.42. The lowest BCUT2D eigenvalue weighted by Crippen LogP contribution is -2.47. The maximum atomic E-state index is 12.4. The van der Waals surface area contributed by atoms with Gasteiger partial charge < -0.3 is 9.80 Å². The highest BCUT2D eigenvalue weighted by atomic mass is 35.5. The van der Waals surface area contributed by atoms with Gasteiger partial charge in [0.25, 0.3) is 5.91 Å². The van der Waals surface area contributed by atoms with Crippen molar-refractivity contribution < 1.29 is 4.79 Å². The van der Waals surface area contributed by atoms with Gasteiger partial charge in [-0.2, -0.15) is 0 Å². The fourth-order valence-corrected chi connectivity index (χ4v) is 2.79. The Labute approximate surface area is 123 Å². The molecule has 104 valence electrons. The Kier molecular flexibility index (Phi) is 4.66. The lowest BCUT2D eigenvalue weighted by molar-refractivity contribution is 0.0635. The molecule has 1 aliphatic heterocycles. The number of carbonyl (C=O) groups excluding carboxylic acids is 1. The first-order valence-electron chi connectivity index (χ1n) is 6.26. The number of piperidine rings is 1. The monoisotopic (exact) mass is 301 g/mol. The Morgan fingerprint density at radius 1 is 1.37 bits per heavy atom. The van der Waals surface area contributed by atoms with Gasteiger partial charge in [0, 0.05) is 24.7 Å². The molecule has 2 rings (SSSR count). The van der Waals surface area contributed by atoms with Crippen molar-refractivity contribution in [3.63, 3.8) is 0 Å². The summed E-state index contributed by atoms with van der Waals surface area (Å²) in [5, 5.41) is 0.494. The smallest absolute Gasteiger partial charge is 0.254 e. The van der Waals surface area contributed by atoms with E-state index in [4.69, 9.17) is 23.2 Å². The number of hydrogen-bond donors (Lipinski definition) is 0. The zero-order valence-electron chi connectivity index (χ0n) is 11.1. The predicted molar refractivity (Wildman–Crippen MR) is 76.9 cm³/mol. The minimum absolute atomic E-state index is 0.0299. The molecule has 4 nitrogen and oxygen atoms in total. The van der Waals surface area contributed by atoms with Crippen LogP contribution in [0.5, 0.6) is 0 Å². The molecule has 1 fully saturated rings. The van der Waals surface area contributed by atoms with E-state index in [2.05, 4.69) is 9.88 Å². The lowest BCUT2D eigenvalue weighted by atomic mass is 10.0. The second-order valence-corrected chi connectivity index (χ2v) is 5.79. The molecule has 0 aromatic carbocycles. The van der Waals surface area contributed by atoms with E-state index in [0.717, 1.165) is 25.9 Å². The Hall–Kier alpha value is -0.840. The third kappa shape index (κ3) is 3.59. The largest absolute Gasteiger partial charge is 0.337 e. The number of pyridine rings is 1. The van der Waals surface area contributed by atoms with E-state index in [1.54, 1.807) is 12.1 Å². The SMILES string of the molecule is CN(C)C1CCCN(C(=O)c2cc(Cl)nc(Cl)c2)C1. The molecule has 1 aromatic heterocycles. The molecule has 1 atom stereocenters. The Morgan fingerprint density at radius 2 is 2.00 bits per heavy atom. The van der Waals surface area contributed by atoms with Crippen LogP contribution in [-0.2, 0) is 0 Å². The van der Waals surface area contributed by atoms with Crippen molar-refractivity contribution in [1.29, 1.82) is 0 Å². The summed E-state index contributed by atoms with van der Waals surface area (Å²) in [7, 11) is 4.08. The molecular formula is C13H17Cl2N3O. The molecule has 2 heterocycles. The quantitative estimate of drug-likeness (QED) is 0.788. The van der Waals surface area contributed by atoms with Crippen LogP contribution in [0.1, 0.15) is 23.2 Å². The first-order chi connectivity index (χ1) is 8.97. The molecule has 1 aliphatic rings. The van der Waals surface area contributed by atoms with Crippen molar-refractivity contribution in [1.82, 2.24) is 14.8 Å². The number of halogens is 2. The number of aromatic nitrogens is 1. The highest BCUT2D eigenvalue weighted by Crippen LogP contribution is 2.20. The molecular weight excluding hydrogens is 285 g/mol. The van der Waals surface area contributed by atoms with Gasteiger partial charge in [0.05, 0.1) is 0 Å². The number of rotatable bonds is 2. The molecule has 1 aromatic rings. The average Bonchev–Trinajstić information content (AvgIpc) is 2.37. The molecule has 6 heteroatoms. The molecule has 1 amide bonds. The molecule has 1 saturated heterocycles. The van der Waals surface area contributed by atoms with Gasteiger partial charge in [-0.1, -0.05) is 23.2 Å². The molecule has 0 spiro atoms. The van der Waals surface area contributed by atoms with Gasteiger partial charge in [0.1, 0.15) is 10.3 Å². The standard InChI is InChI=1S/C13H17Cl2N3O/c1-17(2)10-4-3-5-18(8-10)13(19)9-6-11(14)16-12(15)7-9/h6-7,10H,3-5,8H2,1-2H3. The molecule has 0 aliphatic carbocycles. The van der Waals surface area contributed by atoms with E-state index in [9.17, 15) is 4.79 Å². The molecule has 0 bridgehead atoms. The molecule has 0 saturated carbocycles. The minimum atomic E-state index is -0.0299. The van der Waals surface area contributed by atoms with Crippen molar-refractivity contribution in [2.45, 2.75) is 18.9 Å². The van der Waals surface area contributed by atoms with Gasteiger partial charge in [-0.05, 0) is 39.1 Å². The fourth-order valence-electron chi connectivity index (χ4n) is 2.33. The van der Waals surface area contributed by atoms with Crippen LogP contribution < -0.4 is 0 Å². The zero-order valence-corrected chi connectivity index (χ0v) is 12.6. The minimum Gasteiger partial charge on any atom is -0.337 e. The van der Waals surface area contributed by atoms with Crippen molar-refractivity contribution in [2.75, 3.05) is 27.2 Å². The molecule has 0 N–H and O–H groups in total. The van der Waals surface area contributed by atoms with E-state index in [1.165, 1.54) is 0 Å². The second kappa shape index (κ2) is 6.07. The van der Waals surface area contributed by atoms with Gasteiger partial charge in [0.2, 0.25) is 0 Å². The highest BCUT2D eigenvalue weighted by molar-refractivity contribution is 6.33. The van der Waals surface area contributed by atoms with E-state index in [0.29, 0.717) is 11.6 Å². The van der Waals surface area contributed by atoms with Crippen LogP contribution in [0.25, 0.3) is 0 Å². The summed E-state index contributed by atoms with van der Waals surface area (Å²) in [6.45, 7) is 1.52. The van der Waals surface area contributed by atoms with Crippen LogP contribution in [0, 0.1) is 0 Å². The first-order valence-corrected chi connectivity index (χ1v) is 7.02. The van der Waals surface area contributed by atoms with Gasteiger partial charge in [-0.15, -0.1) is 0 Å². The normalized spacial score (nSPS) is 19.8. The summed E-state index contributed by atoms with van der Waals surface area (Å²) in [6.07, 6.45) is 2.13. The summed E-state index contributed by atoms with van der Waals surface area (Å²) < 4.78 is 0. The Balaban J connectivity index is 2.14. The summed E-state index contributed by atoms with van der Waals surface area (Å²) in [4.78, 5) is 20.3. The van der Waals surface area contributed by atoms with Gasteiger partial charge in [0.15, 0.2) is 0 Å². The maximum Gasteiger partial charge on any atom is 0.254 e. The van der Waals surface area contributed by atoms with Gasteiger partial charge in [-0.25, -0.2) is 4.98 Å². The topological polar surface area (TPSA) is 36.4 Å². The van der Waals surface area contributed by atoms with Crippen molar-refractivity contribution in [3.05, 3.63) is 28.0 Å². The Bertz CT molecular complexity index is 459. The number of amides is 1. The van der Waals surface area contributed by atoms with Crippen molar-refractivity contribution in [3.8, 4) is 0 Å². The average molecular weight is 302 g/mol. The molecule has 1 unspecified atom stereocenters. The Morgan fingerprint density at radius 3 is 2.58 bits per heavy atom. The van der Waals surface area contributed by atoms with Crippen LogP contribution in [0.15, 0.2) is 12.1 Å². The summed E-state index contributed by atoms with van der Waals surface area (Å²) in [5.41, 5.74) is 0.504. The van der Waals surface area contributed by atoms with Crippen molar-refractivity contribution >= 4 is 29.1 Å². The summed E-state index contributed by atoms with van der Waals surface area (Å²) in [6, 6.07) is 3.54. The number of carbonyl (C=O) groups is 1.